The second-order valence-corrected chi connectivity index (χ2v) is 12.5. The van der Waals surface area contributed by atoms with Gasteiger partial charge in [0.05, 0.1) is 26.5 Å². The molecule has 3 aliphatic rings. The average Bonchev–Trinajstić information content (AvgIpc) is 3.26. The monoisotopic (exact) mass is 570 g/mol. The number of carbonyl (C=O) groups excluding carboxylic acids is 1. The summed E-state index contributed by atoms with van der Waals surface area (Å²) in [6.07, 6.45) is 3.95. The molecule has 0 spiro atoms. The zero-order valence-corrected chi connectivity index (χ0v) is 24.8. The summed E-state index contributed by atoms with van der Waals surface area (Å²) in [6, 6.07) is 9.85. The summed E-state index contributed by atoms with van der Waals surface area (Å²) >= 11 is 0. The van der Waals surface area contributed by atoms with Crippen LogP contribution in [0.5, 0.6) is 0 Å². The van der Waals surface area contributed by atoms with E-state index in [0.717, 1.165) is 6.42 Å². The first kappa shape index (κ1) is 28.9. The number of fused-ring (bicyclic) bond motifs is 2. The van der Waals surface area contributed by atoms with Gasteiger partial charge in [-0.15, -0.1) is 0 Å². The molecule has 5 rings (SSSR count). The van der Waals surface area contributed by atoms with E-state index in [4.69, 9.17) is 0 Å². The molecule has 218 valence electrons. The Morgan fingerprint density at radius 3 is 2.10 bits per heavy atom. The van der Waals surface area contributed by atoms with Gasteiger partial charge in [0.25, 0.3) is 11.4 Å². The SMILES string of the molecule is CC(C)CCN1/C(=C/C2=C([O-])C(=C\C3=[N+](C)c4cccc([N+](=O)[O-])c4C3(C)C)/C2=O)C(C)(C)c2c1cccc2[N+](=O)[O-]. The summed E-state index contributed by atoms with van der Waals surface area (Å²) in [5.41, 5.74) is 2.10. The Morgan fingerprint density at radius 1 is 0.929 bits per heavy atom. The Morgan fingerprint density at radius 2 is 1.52 bits per heavy atom. The van der Waals surface area contributed by atoms with E-state index < -0.39 is 32.2 Å². The van der Waals surface area contributed by atoms with Crippen LogP contribution in [0.3, 0.4) is 0 Å². The molecule has 0 bridgehead atoms. The van der Waals surface area contributed by atoms with Crippen LogP contribution in [0.2, 0.25) is 0 Å². The number of hydrogen-bond acceptors (Lipinski definition) is 7. The van der Waals surface area contributed by atoms with Crippen molar-refractivity contribution in [2.24, 2.45) is 5.92 Å². The van der Waals surface area contributed by atoms with Crippen molar-refractivity contribution in [2.75, 3.05) is 18.5 Å². The van der Waals surface area contributed by atoms with Crippen molar-refractivity contribution in [1.82, 2.24) is 0 Å². The lowest BCUT2D eigenvalue weighted by atomic mass is 9.77. The lowest BCUT2D eigenvalue weighted by Crippen LogP contribution is -2.35. The minimum atomic E-state index is -0.827. The number of allylic oxidation sites excluding steroid dienone is 5. The van der Waals surface area contributed by atoms with Crippen LogP contribution in [0.25, 0.3) is 0 Å². The topological polar surface area (TPSA) is 133 Å². The number of anilines is 1. The Balaban J connectivity index is 1.60. The third-order valence-electron chi connectivity index (χ3n) is 8.74. The zero-order valence-electron chi connectivity index (χ0n) is 24.8. The molecule has 0 unspecified atom stereocenters. The van der Waals surface area contributed by atoms with Crippen LogP contribution in [-0.4, -0.2) is 39.5 Å². The molecule has 0 aromatic heterocycles. The second-order valence-electron chi connectivity index (χ2n) is 12.5. The van der Waals surface area contributed by atoms with E-state index >= 15 is 0 Å². The van der Waals surface area contributed by atoms with Gasteiger partial charge in [0, 0.05) is 53.1 Å². The number of hydrogen-bond donors (Lipinski definition) is 0. The number of nitro benzene ring substituents is 2. The Hall–Kier alpha value is -4.60. The van der Waals surface area contributed by atoms with Gasteiger partial charge in [0.1, 0.15) is 12.6 Å². The standard InChI is InChI=1S/C32H34N4O6/c1-18(2)14-15-34-22-11-9-13-24(36(41)42)28(22)32(5,6)26(34)17-20-29(37)19(30(20)38)16-25-31(3,4)27-21(33(25)7)10-8-12-23(27)35(39)40/h8-13,16-18H,14-15H2,1-7H3. The van der Waals surface area contributed by atoms with Gasteiger partial charge in [-0.05, 0) is 58.2 Å². The molecule has 0 amide bonds. The van der Waals surface area contributed by atoms with Crippen LogP contribution in [-0.2, 0) is 15.6 Å². The van der Waals surface area contributed by atoms with Crippen LogP contribution in [0.4, 0.5) is 22.7 Å². The highest BCUT2D eigenvalue weighted by atomic mass is 16.6. The summed E-state index contributed by atoms with van der Waals surface area (Å²) in [5.74, 6) is -0.463. The van der Waals surface area contributed by atoms with E-state index in [1.165, 1.54) is 12.1 Å². The van der Waals surface area contributed by atoms with E-state index in [1.54, 1.807) is 42.0 Å². The molecular weight excluding hydrogens is 536 g/mol. The van der Waals surface area contributed by atoms with Gasteiger partial charge in [0.15, 0.2) is 11.5 Å². The zero-order chi connectivity index (χ0) is 30.9. The first-order chi connectivity index (χ1) is 19.6. The van der Waals surface area contributed by atoms with Crippen molar-refractivity contribution >= 4 is 34.2 Å². The highest BCUT2D eigenvalue weighted by Gasteiger charge is 2.49. The lowest BCUT2D eigenvalue weighted by Gasteiger charge is -2.33. The maximum absolute atomic E-state index is 13.5. The molecule has 2 aliphatic heterocycles. The third-order valence-corrected chi connectivity index (χ3v) is 8.74. The van der Waals surface area contributed by atoms with E-state index in [-0.39, 0.29) is 22.5 Å². The number of benzene rings is 2. The summed E-state index contributed by atoms with van der Waals surface area (Å²) in [6.45, 7) is 12.2. The van der Waals surface area contributed by atoms with Crippen LogP contribution in [0, 0.1) is 26.1 Å². The number of carbonyl (C=O) groups is 1. The van der Waals surface area contributed by atoms with Gasteiger partial charge in [-0.2, -0.15) is 4.58 Å². The molecule has 10 nitrogen and oxygen atoms in total. The van der Waals surface area contributed by atoms with Crippen molar-refractivity contribution in [3.63, 3.8) is 0 Å². The van der Waals surface area contributed by atoms with Crippen LogP contribution < -0.4 is 10.0 Å². The molecule has 1 aliphatic carbocycles. The highest BCUT2D eigenvalue weighted by Crippen LogP contribution is 2.52. The quantitative estimate of drug-likeness (QED) is 0.189. The van der Waals surface area contributed by atoms with Gasteiger partial charge in [0.2, 0.25) is 5.69 Å². The van der Waals surface area contributed by atoms with E-state index in [9.17, 15) is 30.1 Å². The first-order valence-corrected chi connectivity index (χ1v) is 13.9. The van der Waals surface area contributed by atoms with Crippen molar-refractivity contribution < 1.29 is 24.3 Å². The number of nitro groups is 2. The van der Waals surface area contributed by atoms with Gasteiger partial charge < -0.3 is 10.0 Å². The summed E-state index contributed by atoms with van der Waals surface area (Å²) in [4.78, 5) is 38.4. The van der Waals surface area contributed by atoms with E-state index in [2.05, 4.69) is 13.8 Å². The average molecular weight is 571 g/mol. The predicted molar refractivity (Wildman–Crippen MR) is 158 cm³/mol. The van der Waals surface area contributed by atoms with Crippen molar-refractivity contribution in [3.8, 4) is 0 Å². The molecule has 2 aromatic rings. The summed E-state index contributed by atoms with van der Waals surface area (Å²) in [7, 11) is 1.77. The molecule has 0 radical (unpaired) electrons. The van der Waals surface area contributed by atoms with Crippen LogP contribution in [0.1, 0.15) is 59.1 Å². The largest absolute Gasteiger partial charge is 0.871 e. The van der Waals surface area contributed by atoms with Gasteiger partial charge in [-0.3, -0.25) is 25.0 Å². The fraction of sp³-hybridized carbons (Fsp3) is 0.375. The lowest BCUT2D eigenvalue weighted by molar-refractivity contribution is -0.404. The third kappa shape index (κ3) is 4.16. The fourth-order valence-electron chi connectivity index (χ4n) is 6.55. The normalized spacial score (nSPS) is 20.5. The van der Waals surface area contributed by atoms with Gasteiger partial charge in [-0.25, -0.2) is 0 Å². The maximum atomic E-state index is 13.5. The first-order valence-electron chi connectivity index (χ1n) is 13.9. The Bertz CT molecular complexity index is 1710. The molecule has 0 fully saturated rings. The van der Waals surface area contributed by atoms with E-state index in [1.807, 2.05) is 38.7 Å². The van der Waals surface area contributed by atoms with Crippen LogP contribution in [0.15, 0.2) is 71.2 Å². The Kier molecular flexibility index (Phi) is 6.71. The van der Waals surface area contributed by atoms with Gasteiger partial charge >= 0.3 is 0 Å². The molecule has 10 heteroatoms. The minimum absolute atomic E-state index is 0.00357. The minimum Gasteiger partial charge on any atom is -0.871 e. The molecule has 2 heterocycles. The molecular formula is C32H34N4O6. The van der Waals surface area contributed by atoms with Crippen LogP contribution >= 0.6 is 0 Å². The number of rotatable bonds is 7. The van der Waals surface area contributed by atoms with Crippen molar-refractivity contribution in [1.29, 1.82) is 0 Å². The maximum Gasteiger partial charge on any atom is 0.280 e. The summed E-state index contributed by atoms with van der Waals surface area (Å²) in [5, 5.41) is 37.2. The number of ketones is 1. The van der Waals surface area contributed by atoms with Crippen molar-refractivity contribution in [3.05, 3.63) is 103 Å². The number of Topliss-reactive ketones (excluding diaryl/α,β-unsaturated/α-hetero) is 1. The fourth-order valence-corrected chi connectivity index (χ4v) is 6.55. The highest BCUT2D eigenvalue weighted by molar-refractivity contribution is 6.24. The summed E-state index contributed by atoms with van der Waals surface area (Å²) < 4.78 is 1.79. The smallest absolute Gasteiger partial charge is 0.280 e. The molecule has 42 heavy (non-hydrogen) atoms. The molecule has 0 saturated heterocycles. The predicted octanol–water partition coefficient (Wildman–Crippen LogP) is 5.36. The number of nitrogens with zero attached hydrogens (tertiary/aromatic N) is 4. The van der Waals surface area contributed by atoms with Crippen molar-refractivity contribution in [2.45, 2.75) is 58.8 Å². The Labute approximate surface area is 244 Å². The van der Waals surface area contributed by atoms with E-state index in [0.29, 0.717) is 46.4 Å². The second kappa shape index (κ2) is 9.75. The molecule has 0 saturated carbocycles. The molecule has 0 N–H and O–H groups in total. The molecule has 0 atom stereocenters. The molecule has 2 aromatic carbocycles. The van der Waals surface area contributed by atoms with Gasteiger partial charge in [-0.1, -0.05) is 25.7 Å².